The predicted molar refractivity (Wildman–Crippen MR) is 75.9 cm³/mol. The van der Waals surface area contributed by atoms with Crippen molar-refractivity contribution in [3.8, 4) is 5.75 Å². The van der Waals surface area contributed by atoms with Gasteiger partial charge in [0.05, 0.1) is 0 Å². The minimum absolute atomic E-state index is 0.00418. The quantitative estimate of drug-likeness (QED) is 0.669. The molecule has 3 nitrogen and oxygen atoms in total. The van der Waals surface area contributed by atoms with Crippen LogP contribution in [0.15, 0.2) is 46.9 Å². The van der Waals surface area contributed by atoms with Crippen molar-refractivity contribution in [2.45, 2.75) is 6.61 Å². The molecule has 2 aromatic rings. The number of ether oxygens (including phenoxy) is 1. The van der Waals surface area contributed by atoms with Crippen molar-refractivity contribution < 1.29 is 9.13 Å². The second kappa shape index (κ2) is 5.84. The zero-order chi connectivity index (χ0) is 13.8. The molecule has 0 fully saturated rings. The Morgan fingerprint density at radius 3 is 2.79 bits per heavy atom. The SMILES string of the molecule is N=C(N)c1cccc(COc2cc(Br)ccc2F)c1. The number of nitrogens with one attached hydrogen (secondary N) is 1. The average molecular weight is 323 g/mol. The van der Waals surface area contributed by atoms with Crippen LogP contribution in [0.3, 0.4) is 0 Å². The molecule has 19 heavy (non-hydrogen) atoms. The van der Waals surface area contributed by atoms with Gasteiger partial charge in [0, 0.05) is 10.0 Å². The van der Waals surface area contributed by atoms with Crippen LogP contribution in [0.25, 0.3) is 0 Å². The molecule has 2 aromatic carbocycles. The third-order valence-electron chi connectivity index (χ3n) is 2.53. The highest BCUT2D eigenvalue weighted by molar-refractivity contribution is 9.10. The lowest BCUT2D eigenvalue weighted by atomic mass is 10.1. The molecule has 0 heterocycles. The van der Waals surface area contributed by atoms with Gasteiger partial charge in [0.15, 0.2) is 11.6 Å². The van der Waals surface area contributed by atoms with Crippen LogP contribution in [0.5, 0.6) is 5.75 Å². The van der Waals surface area contributed by atoms with Gasteiger partial charge in [-0.2, -0.15) is 0 Å². The monoisotopic (exact) mass is 322 g/mol. The Morgan fingerprint density at radius 2 is 2.05 bits per heavy atom. The van der Waals surface area contributed by atoms with Crippen molar-refractivity contribution in [2.24, 2.45) is 5.73 Å². The molecule has 2 rings (SSSR count). The maximum absolute atomic E-state index is 13.5. The van der Waals surface area contributed by atoms with Gasteiger partial charge >= 0.3 is 0 Å². The first kappa shape index (κ1) is 13.5. The number of nitrogens with two attached hydrogens (primary N) is 1. The summed E-state index contributed by atoms with van der Waals surface area (Å²) in [4.78, 5) is 0. The highest BCUT2D eigenvalue weighted by atomic mass is 79.9. The summed E-state index contributed by atoms with van der Waals surface area (Å²) in [5.74, 6) is -0.232. The third kappa shape index (κ3) is 3.54. The fourth-order valence-corrected chi connectivity index (χ4v) is 1.92. The second-order valence-electron chi connectivity index (χ2n) is 3.98. The molecule has 0 saturated heterocycles. The van der Waals surface area contributed by atoms with Gasteiger partial charge in [0.2, 0.25) is 0 Å². The standard InChI is InChI=1S/C14H12BrFN2O/c15-11-4-5-12(16)13(7-11)19-8-9-2-1-3-10(6-9)14(17)18/h1-7H,8H2,(H3,17,18). The number of halogens is 2. The number of rotatable bonds is 4. The van der Waals surface area contributed by atoms with Gasteiger partial charge in [-0.3, -0.25) is 5.41 Å². The molecule has 0 atom stereocenters. The van der Waals surface area contributed by atoms with Crippen LogP contribution in [0.2, 0.25) is 0 Å². The lowest BCUT2D eigenvalue weighted by Crippen LogP contribution is -2.11. The Bertz CT molecular complexity index is 616. The van der Waals surface area contributed by atoms with Gasteiger partial charge in [-0.25, -0.2) is 4.39 Å². The topological polar surface area (TPSA) is 59.1 Å². The molecule has 5 heteroatoms. The van der Waals surface area contributed by atoms with E-state index in [0.717, 1.165) is 10.0 Å². The molecule has 0 aromatic heterocycles. The van der Waals surface area contributed by atoms with Crippen LogP contribution in [0, 0.1) is 11.2 Å². The summed E-state index contributed by atoms with van der Waals surface area (Å²) in [5, 5.41) is 7.36. The van der Waals surface area contributed by atoms with Gasteiger partial charge in [0.25, 0.3) is 0 Å². The van der Waals surface area contributed by atoms with E-state index in [0.29, 0.717) is 5.56 Å². The fourth-order valence-electron chi connectivity index (χ4n) is 1.58. The van der Waals surface area contributed by atoms with E-state index in [4.69, 9.17) is 15.9 Å². The summed E-state index contributed by atoms with van der Waals surface area (Å²) in [6.07, 6.45) is 0. The van der Waals surface area contributed by atoms with Crippen molar-refractivity contribution in [3.05, 3.63) is 63.9 Å². The van der Waals surface area contributed by atoms with Crippen LogP contribution in [0.1, 0.15) is 11.1 Å². The molecule has 98 valence electrons. The molecule has 0 aliphatic heterocycles. The third-order valence-corrected chi connectivity index (χ3v) is 3.02. The summed E-state index contributed by atoms with van der Waals surface area (Å²) < 4.78 is 19.7. The van der Waals surface area contributed by atoms with Crippen molar-refractivity contribution in [1.29, 1.82) is 5.41 Å². The second-order valence-corrected chi connectivity index (χ2v) is 4.89. The van der Waals surface area contributed by atoms with Crippen molar-refractivity contribution >= 4 is 21.8 Å². The van der Waals surface area contributed by atoms with E-state index in [1.807, 2.05) is 6.07 Å². The summed E-state index contributed by atoms with van der Waals surface area (Å²) in [5.41, 5.74) is 6.86. The first-order chi connectivity index (χ1) is 9.06. The fraction of sp³-hybridized carbons (Fsp3) is 0.0714. The minimum atomic E-state index is -0.411. The molecule has 0 unspecified atom stereocenters. The van der Waals surface area contributed by atoms with Crippen molar-refractivity contribution in [2.75, 3.05) is 0 Å². The first-order valence-electron chi connectivity index (χ1n) is 5.57. The number of amidine groups is 1. The molecule has 0 bridgehead atoms. The van der Waals surface area contributed by atoms with E-state index >= 15 is 0 Å². The summed E-state index contributed by atoms with van der Waals surface area (Å²) in [6.45, 7) is 0.217. The largest absolute Gasteiger partial charge is 0.486 e. The van der Waals surface area contributed by atoms with Crippen LogP contribution in [-0.4, -0.2) is 5.84 Å². The van der Waals surface area contributed by atoms with Crippen LogP contribution >= 0.6 is 15.9 Å². The lowest BCUT2D eigenvalue weighted by molar-refractivity contribution is 0.290. The molecular formula is C14H12BrFN2O. The Balaban J connectivity index is 2.12. The first-order valence-corrected chi connectivity index (χ1v) is 6.37. The van der Waals surface area contributed by atoms with E-state index < -0.39 is 5.82 Å². The van der Waals surface area contributed by atoms with E-state index in [9.17, 15) is 4.39 Å². The van der Waals surface area contributed by atoms with E-state index in [2.05, 4.69) is 15.9 Å². The Kier molecular flexibility index (Phi) is 4.16. The van der Waals surface area contributed by atoms with Crippen molar-refractivity contribution in [3.63, 3.8) is 0 Å². The van der Waals surface area contributed by atoms with Gasteiger partial charge < -0.3 is 10.5 Å². The molecular weight excluding hydrogens is 311 g/mol. The Hall–Kier alpha value is -1.88. The minimum Gasteiger partial charge on any atom is -0.486 e. The summed E-state index contributed by atoms with van der Waals surface area (Å²) in [6, 6.07) is 11.6. The normalized spacial score (nSPS) is 10.2. The summed E-state index contributed by atoms with van der Waals surface area (Å²) >= 11 is 3.26. The number of hydrogen-bond donors (Lipinski definition) is 2. The van der Waals surface area contributed by atoms with Gasteiger partial charge in [-0.05, 0) is 29.8 Å². The van der Waals surface area contributed by atoms with Crippen molar-refractivity contribution in [1.82, 2.24) is 0 Å². The zero-order valence-corrected chi connectivity index (χ0v) is 11.6. The molecule has 0 saturated carbocycles. The molecule has 0 spiro atoms. The zero-order valence-electron chi connectivity index (χ0n) is 9.99. The molecule has 0 aliphatic carbocycles. The van der Waals surface area contributed by atoms with Crippen LogP contribution in [-0.2, 0) is 6.61 Å². The highest BCUT2D eigenvalue weighted by Crippen LogP contribution is 2.23. The maximum Gasteiger partial charge on any atom is 0.165 e. The van der Waals surface area contributed by atoms with E-state index in [-0.39, 0.29) is 18.2 Å². The van der Waals surface area contributed by atoms with Crippen LogP contribution < -0.4 is 10.5 Å². The number of benzene rings is 2. The molecule has 0 amide bonds. The number of hydrogen-bond acceptors (Lipinski definition) is 2. The smallest absolute Gasteiger partial charge is 0.165 e. The van der Waals surface area contributed by atoms with Gasteiger partial charge in [-0.1, -0.05) is 34.1 Å². The van der Waals surface area contributed by atoms with E-state index in [1.165, 1.54) is 6.07 Å². The molecule has 3 N–H and O–H groups in total. The van der Waals surface area contributed by atoms with Crippen LogP contribution in [0.4, 0.5) is 4.39 Å². The maximum atomic E-state index is 13.5. The van der Waals surface area contributed by atoms with E-state index in [1.54, 1.807) is 30.3 Å². The molecule has 0 radical (unpaired) electrons. The van der Waals surface area contributed by atoms with Gasteiger partial charge in [0.1, 0.15) is 12.4 Å². The van der Waals surface area contributed by atoms with Gasteiger partial charge in [-0.15, -0.1) is 0 Å². The average Bonchev–Trinajstić information content (AvgIpc) is 2.40. The predicted octanol–water partition coefficient (Wildman–Crippen LogP) is 3.45. The Labute approximate surface area is 118 Å². The highest BCUT2D eigenvalue weighted by Gasteiger charge is 2.05. The number of nitrogen functional groups attached to an aromatic ring is 1. The lowest BCUT2D eigenvalue weighted by Gasteiger charge is -2.08. The molecule has 0 aliphatic rings. The summed E-state index contributed by atoms with van der Waals surface area (Å²) in [7, 11) is 0. The Morgan fingerprint density at radius 1 is 1.26 bits per heavy atom.